The maximum Gasteiger partial charge on any atom is 0.263 e. The summed E-state index contributed by atoms with van der Waals surface area (Å²) in [4.78, 5) is 14.8. The molecule has 0 aliphatic heterocycles. The first-order chi connectivity index (χ1) is 14.4. The Morgan fingerprint density at radius 2 is 1.80 bits per heavy atom. The first kappa shape index (κ1) is 23.0. The van der Waals surface area contributed by atoms with Crippen LogP contribution >= 0.6 is 0 Å². The fraction of sp³-hybridized carbons (Fsp3) is 0.360. The van der Waals surface area contributed by atoms with Gasteiger partial charge in [-0.25, -0.2) is 0 Å². The van der Waals surface area contributed by atoms with Gasteiger partial charge in [0.25, 0.3) is 5.91 Å². The third-order valence-electron chi connectivity index (χ3n) is 5.31. The van der Waals surface area contributed by atoms with Crippen LogP contribution in [0.15, 0.2) is 54.2 Å². The number of rotatable bonds is 9. The standard InChI is InChI=1S/C25H32N4O/c1-6-20-9-11-21(12-10-20)19(5)28-25(30)22(16-26)17-27-24-14-13-23(15-18(24)4)29(7-2)8-3/h9-15,17,19,27H,6-8H2,1-5H3,(H,28,30)/b22-17-. The van der Waals surface area contributed by atoms with Crippen LogP contribution < -0.4 is 15.5 Å². The molecule has 0 spiro atoms. The Labute approximate surface area is 180 Å². The highest BCUT2D eigenvalue weighted by Gasteiger charge is 2.14. The molecule has 1 unspecified atom stereocenters. The second-order valence-electron chi connectivity index (χ2n) is 7.28. The molecule has 158 valence electrons. The second-order valence-corrected chi connectivity index (χ2v) is 7.28. The van der Waals surface area contributed by atoms with Gasteiger partial charge in [-0.2, -0.15) is 5.26 Å². The predicted molar refractivity (Wildman–Crippen MR) is 124 cm³/mol. The van der Waals surface area contributed by atoms with E-state index in [0.717, 1.165) is 42.0 Å². The monoisotopic (exact) mass is 404 g/mol. The van der Waals surface area contributed by atoms with Gasteiger partial charge in [-0.05, 0) is 69.0 Å². The third kappa shape index (κ3) is 5.87. The van der Waals surface area contributed by atoms with Crippen molar-refractivity contribution in [3.8, 4) is 6.07 Å². The van der Waals surface area contributed by atoms with E-state index in [2.05, 4.69) is 54.5 Å². The summed E-state index contributed by atoms with van der Waals surface area (Å²) in [6.45, 7) is 12.2. The molecule has 0 aliphatic rings. The minimum absolute atomic E-state index is 0.0410. The number of carbonyl (C=O) groups is 1. The fourth-order valence-corrected chi connectivity index (χ4v) is 3.29. The summed E-state index contributed by atoms with van der Waals surface area (Å²) in [5, 5.41) is 15.5. The van der Waals surface area contributed by atoms with E-state index in [-0.39, 0.29) is 11.6 Å². The average molecular weight is 405 g/mol. The molecule has 0 aliphatic carbocycles. The van der Waals surface area contributed by atoms with Crippen LogP contribution in [0.3, 0.4) is 0 Å². The zero-order valence-corrected chi connectivity index (χ0v) is 18.6. The first-order valence-corrected chi connectivity index (χ1v) is 10.6. The topological polar surface area (TPSA) is 68.2 Å². The largest absolute Gasteiger partial charge is 0.372 e. The molecule has 2 aromatic rings. The molecule has 0 aromatic heterocycles. The molecule has 0 saturated heterocycles. The zero-order valence-electron chi connectivity index (χ0n) is 18.6. The smallest absolute Gasteiger partial charge is 0.263 e. The fourth-order valence-electron chi connectivity index (χ4n) is 3.29. The highest BCUT2D eigenvalue weighted by molar-refractivity contribution is 5.97. The third-order valence-corrected chi connectivity index (χ3v) is 5.31. The van der Waals surface area contributed by atoms with Crippen LogP contribution in [0.1, 0.15) is 50.4 Å². The van der Waals surface area contributed by atoms with E-state index in [0.29, 0.717) is 0 Å². The molecular formula is C25H32N4O. The highest BCUT2D eigenvalue weighted by atomic mass is 16.1. The molecule has 2 N–H and O–H groups in total. The van der Waals surface area contributed by atoms with Gasteiger partial charge in [-0.1, -0.05) is 31.2 Å². The van der Waals surface area contributed by atoms with Crippen molar-refractivity contribution in [2.75, 3.05) is 23.3 Å². The molecule has 0 heterocycles. The van der Waals surface area contributed by atoms with Crippen molar-refractivity contribution in [2.24, 2.45) is 0 Å². The first-order valence-electron chi connectivity index (χ1n) is 10.6. The quantitative estimate of drug-likeness (QED) is 0.451. The Hall–Kier alpha value is -3.26. The van der Waals surface area contributed by atoms with Crippen LogP contribution in [0, 0.1) is 18.3 Å². The Morgan fingerprint density at radius 1 is 1.13 bits per heavy atom. The predicted octanol–water partition coefficient (Wildman–Crippen LogP) is 5.10. The number of carbonyl (C=O) groups excluding carboxylic acids is 1. The molecule has 1 atom stereocenters. The van der Waals surface area contributed by atoms with E-state index in [1.807, 2.05) is 44.2 Å². The number of nitrogens with one attached hydrogen (secondary N) is 2. The van der Waals surface area contributed by atoms with Crippen molar-refractivity contribution in [3.05, 3.63) is 70.9 Å². The molecule has 0 fully saturated rings. The molecule has 5 heteroatoms. The van der Waals surface area contributed by atoms with Crippen molar-refractivity contribution in [2.45, 2.75) is 47.1 Å². The van der Waals surface area contributed by atoms with Gasteiger partial charge in [0, 0.05) is 30.7 Å². The normalized spacial score (nSPS) is 12.1. The Bertz CT molecular complexity index is 921. The lowest BCUT2D eigenvalue weighted by Crippen LogP contribution is -2.28. The molecule has 0 bridgehead atoms. The number of aryl methyl sites for hydroxylation is 2. The van der Waals surface area contributed by atoms with Crippen molar-refractivity contribution in [1.29, 1.82) is 5.26 Å². The summed E-state index contributed by atoms with van der Waals surface area (Å²) in [6.07, 6.45) is 2.45. The molecule has 2 aromatic carbocycles. The summed E-state index contributed by atoms with van der Waals surface area (Å²) >= 11 is 0. The number of nitriles is 1. The lowest BCUT2D eigenvalue weighted by Gasteiger charge is -2.22. The number of nitrogens with zero attached hydrogens (tertiary/aromatic N) is 2. The summed E-state index contributed by atoms with van der Waals surface area (Å²) in [5.74, 6) is -0.394. The Morgan fingerprint density at radius 3 is 2.33 bits per heavy atom. The van der Waals surface area contributed by atoms with E-state index < -0.39 is 5.91 Å². The van der Waals surface area contributed by atoms with Gasteiger partial charge >= 0.3 is 0 Å². The van der Waals surface area contributed by atoms with Crippen molar-refractivity contribution in [3.63, 3.8) is 0 Å². The lowest BCUT2D eigenvalue weighted by molar-refractivity contribution is -0.117. The SMILES string of the molecule is CCc1ccc(C(C)NC(=O)/C(C#N)=C\Nc2ccc(N(CC)CC)cc2C)cc1. The molecule has 30 heavy (non-hydrogen) atoms. The Kier molecular flexibility index (Phi) is 8.49. The van der Waals surface area contributed by atoms with E-state index >= 15 is 0 Å². The van der Waals surface area contributed by atoms with Gasteiger partial charge < -0.3 is 15.5 Å². The van der Waals surface area contributed by atoms with E-state index in [4.69, 9.17) is 0 Å². The summed E-state index contributed by atoms with van der Waals surface area (Å²) in [7, 11) is 0. The van der Waals surface area contributed by atoms with Crippen molar-refractivity contribution in [1.82, 2.24) is 5.32 Å². The van der Waals surface area contributed by atoms with Gasteiger partial charge in [-0.3, -0.25) is 4.79 Å². The minimum Gasteiger partial charge on any atom is -0.372 e. The highest BCUT2D eigenvalue weighted by Crippen LogP contribution is 2.23. The molecule has 0 saturated carbocycles. The molecule has 5 nitrogen and oxygen atoms in total. The Balaban J connectivity index is 2.07. The lowest BCUT2D eigenvalue weighted by atomic mass is 10.0. The van der Waals surface area contributed by atoms with Gasteiger partial charge in [0.2, 0.25) is 0 Å². The summed E-state index contributed by atoms with van der Waals surface area (Å²) in [6, 6.07) is 16.1. The van der Waals surface area contributed by atoms with Crippen LogP contribution in [0.4, 0.5) is 11.4 Å². The summed E-state index contributed by atoms with van der Waals surface area (Å²) < 4.78 is 0. The van der Waals surface area contributed by atoms with Gasteiger partial charge in [0.15, 0.2) is 0 Å². The van der Waals surface area contributed by atoms with Crippen LogP contribution in [-0.2, 0) is 11.2 Å². The van der Waals surface area contributed by atoms with Gasteiger partial charge in [0.05, 0.1) is 6.04 Å². The number of amides is 1. The molecule has 1 amide bonds. The van der Waals surface area contributed by atoms with Crippen LogP contribution in [0.25, 0.3) is 0 Å². The second kappa shape index (κ2) is 11.1. The molecule has 2 rings (SSSR count). The number of hydrogen-bond acceptors (Lipinski definition) is 4. The van der Waals surface area contributed by atoms with Crippen LogP contribution in [0.2, 0.25) is 0 Å². The van der Waals surface area contributed by atoms with E-state index in [9.17, 15) is 10.1 Å². The van der Waals surface area contributed by atoms with Crippen LogP contribution in [0.5, 0.6) is 0 Å². The average Bonchev–Trinajstić information content (AvgIpc) is 2.76. The summed E-state index contributed by atoms with van der Waals surface area (Å²) in [5.41, 5.74) is 5.38. The van der Waals surface area contributed by atoms with Crippen LogP contribution in [-0.4, -0.2) is 19.0 Å². The minimum atomic E-state index is -0.394. The van der Waals surface area contributed by atoms with Crippen molar-refractivity contribution < 1.29 is 4.79 Å². The molecule has 0 radical (unpaired) electrons. The zero-order chi connectivity index (χ0) is 22.1. The maximum atomic E-state index is 12.6. The number of anilines is 2. The van der Waals surface area contributed by atoms with Gasteiger partial charge in [0.1, 0.15) is 11.6 Å². The number of hydrogen-bond donors (Lipinski definition) is 2. The van der Waals surface area contributed by atoms with E-state index in [1.54, 1.807) is 0 Å². The van der Waals surface area contributed by atoms with Crippen molar-refractivity contribution >= 4 is 17.3 Å². The van der Waals surface area contributed by atoms with E-state index in [1.165, 1.54) is 11.8 Å². The maximum absolute atomic E-state index is 12.6. The number of benzene rings is 2. The van der Waals surface area contributed by atoms with Gasteiger partial charge in [-0.15, -0.1) is 0 Å². The molecular weight excluding hydrogens is 372 g/mol.